The lowest BCUT2D eigenvalue weighted by atomic mass is 9.94. The van der Waals surface area contributed by atoms with Crippen molar-refractivity contribution in [3.8, 4) is 0 Å². The summed E-state index contributed by atoms with van der Waals surface area (Å²) < 4.78 is 2.42. The van der Waals surface area contributed by atoms with Crippen LogP contribution in [0.15, 0.2) is 72.8 Å². The molecule has 1 heterocycles. The van der Waals surface area contributed by atoms with Crippen LogP contribution >= 0.6 is 0 Å². The van der Waals surface area contributed by atoms with Gasteiger partial charge in [-0.1, -0.05) is 60.7 Å². The van der Waals surface area contributed by atoms with Crippen LogP contribution in [0.4, 0.5) is 11.4 Å². The van der Waals surface area contributed by atoms with Crippen molar-refractivity contribution in [1.82, 2.24) is 0 Å². The number of hydrogen-bond acceptors (Lipinski definition) is 1. The number of benzene rings is 3. The average Bonchev–Trinajstić information content (AvgIpc) is 2.67. The Morgan fingerprint density at radius 3 is 2.19 bits per heavy atom. The van der Waals surface area contributed by atoms with Crippen LogP contribution < -0.4 is 5.32 Å². The SMILES string of the molecule is Cc1cccc(C)c1[N+]1=Cc2ccccc2NC1[C@H](C)c1ccccc1. The van der Waals surface area contributed by atoms with E-state index in [9.17, 15) is 0 Å². The molecule has 0 fully saturated rings. The third-order valence-corrected chi connectivity index (χ3v) is 5.34. The van der Waals surface area contributed by atoms with Crippen LogP contribution in [-0.4, -0.2) is 17.0 Å². The van der Waals surface area contributed by atoms with Crippen molar-refractivity contribution in [3.05, 3.63) is 95.1 Å². The first-order chi connectivity index (χ1) is 12.6. The molecule has 1 unspecified atom stereocenters. The zero-order valence-corrected chi connectivity index (χ0v) is 15.6. The van der Waals surface area contributed by atoms with E-state index in [1.54, 1.807) is 0 Å². The van der Waals surface area contributed by atoms with Gasteiger partial charge in [0.15, 0.2) is 6.21 Å². The summed E-state index contributed by atoms with van der Waals surface area (Å²) in [7, 11) is 0. The Morgan fingerprint density at radius 1 is 0.808 bits per heavy atom. The van der Waals surface area contributed by atoms with Gasteiger partial charge in [-0.3, -0.25) is 0 Å². The van der Waals surface area contributed by atoms with Crippen molar-refractivity contribution in [2.24, 2.45) is 0 Å². The molecule has 0 spiro atoms. The van der Waals surface area contributed by atoms with Crippen molar-refractivity contribution in [3.63, 3.8) is 0 Å². The van der Waals surface area contributed by atoms with Crippen LogP contribution in [0.1, 0.15) is 35.1 Å². The van der Waals surface area contributed by atoms with Gasteiger partial charge in [0.25, 0.3) is 0 Å². The van der Waals surface area contributed by atoms with E-state index in [0.29, 0.717) is 5.92 Å². The molecule has 4 rings (SSSR count). The molecule has 0 bridgehead atoms. The predicted molar refractivity (Wildman–Crippen MR) is 110 cm³/mol. The second-order valence-corrected chi connectivity index (χ2v) is 7.15. The van der Waals surface area contributed by atoms with E-state index in [2.05, 4.69) is 110 Å². The van der Waals surface area contributed by atoms with Gasteiger partial charge in [-0.15, -0.1) is 0 Å². The fourth-order valence-electron chi connectivity index (χ4n) is 3.92. The first-order valence-electron chi connectivity index (χ1n) is 9.25. The predicted octanol–water partition coefficient (Wildman–Crippen LogP) is 5.62. The molecule has 2 nitrogen and oxygen atoms in total. The van der Waals surface area contributed by atoms with Crippen LogP contribution in [-0.2, 0) is 0 Å². The van der Waals surface area contributed by atoms with Gasteiger partial charge in [0.2, 0.25) is 11.9 Å². The minimum absolute atomic E-state index is 0.159. The molecule has 26 heavy (non-hydrogen) atoms. The van der Waals surface area contributed by atoms with E-state index < -0.39 is 0 Å². The topological polar surface area (TPSA) is 15.0 Å². The van der Waals surface area contributed by atoms with Crippen molar-refractivity contribution in [2.75, 3.05) is 5.32 Å². The lowest BCUT2D eigenvalue weighted by Gasteiger charge is -2.29. The highest BCUT2D eigenvalue weighted by Gasteiger charge is 2.35. The molecule has 0 amide bonds. The first kappa shape index (κ1) is 16.6. The van der Waals surface area contributed by atoms with Gasteiger partial charge in [-0.25, -0.2) is 0 Å². The number of aryl methyl sites for hydroxylation is 2. The summed E-state index contributed by atoms with van der Waals surface area (Å²) in [6.07, 6.45) is 2.46. The van der Waals surface area contributed by atoms with E-state index in [1.807, 2.05) is 0 Å². The van der Waals surface area contributed by atoms with Gasteiger partial charge in [0.1, 0.15) is 0 Å². The number of rotatable bonds is 3. The Balaban J connectivity index is 1.87. The molecule has 0 aromatic heterocycles. The second kappa shape index (κ2) is 6.80. The number of para-hydroxylation sites is 2. The van der Waals surface area contributed by atoms with Gasteiger partial charge in [-0.2, -0.15) is 4.58 Å². The van der Waals surface area contributed by atoms with Crippen LogP contribution in [0, 0.1) is 13.8 Å². The normalized spacial score (nSPS) is 17.0. The smallest absolute Gasteiger partial charge is 0.238 e. The molecular formula is C24H25N2+. The van der Waals surface area contributed by atoms with Crippen LogP contribution in [0.3, 0.4) is 0 Å². The Morgan fingerprint density at radius 2 is 1.46 bits per heavy atom. The molecule has 0 radical (unpaired) electrons. The molecule has 1 N–H and O–H groups in total. The monoisotopic (exact) mass is 341 g/mol. The summed E-state index contributed by atoms with van der Waals surface area (Å²) in [4.78, 5) is 0. The van der Waals surface area contributed by atoms with E-state index >= 15 is 0 Å². The van der Waals surface area contributed by atoms with Gasteiger partial charge >= 0.3 is 0 Å². The maximum atomic E-state index is 3.79. The summed E-state index contributed by atoms with van der Waals surface area (Å²) in [5, 5.41) is 3.79. The second-order valence-electron chi connectivity index (χ2n) is 7.15. The molecule has 2 atom stereocenters. The number of fused-ring (bicyclic) bond motifs is 1. The summed E-state index contributed by atoms with van der Waals surface area (Å²) in [6.45, 7) is 6.69. The number of anilines is 1. The summed E-state index contributed by atoms with van der Waals surface area (Å²) in [6, 6.07) is 25.8. The first-order valence-corrected chi connectivity index (χ1v) is 9.25. The third-order valence-electron chi connectivity index (χ3n) is 5.34. The lowest BCUT2D eigenvalue weighted by Crippen LogP contribution is -2.40. The highest BCUT2D eigenvalue weighted by atomic mass is 15.2. The fraction of sp³-hybridized carbons (Fsp3) is 0.208. The molecule has 0 aliphatic carbocycles. The quantitative estimate of drug-likeness (QED) is 0.611. The zero-order valence-electron chi connectivity index (χ0n) is 15.6. The van der Waals surface area contributed by atoms with Crippen LogP contribution in [0.2, 0.25) is 0 Å². The molecule has 2 heteroatoms. The molecular weight excluding hydrogens is 316 g/mol. The minimum atomic E-state index is 0.159. The lowest BCUT2D eigenvalue weighted by molar-refractivity contribution is -0.478. The summed E-state index contributed by atoms with van der Waals surface area (Å²) in [5.74, 6) is 0.333. The average molecular weight is 341 g/mol. The molecule has 3 aromatic rings. The van der Waals surface area contributed by atoms with Crippen molar-refractivity contribution in [2.45, 2.75) is 32.9 Å². The number of nitrogens with one attached hydrogen (secondary N) is 1. The summed E-state index contributed by atoms with van der Waals surface area (Å²) in [5.41, 5.74) is 7.66. The van der Waals surface area contributed by atoms with Gasteiger partial charge in [-0.05, 0) is 38.5 Å². The van der Waals surface area contributed by atoms with Gasteiger partial charge in [0, 0.05) is 11.1 Å². The molecule has 1 aliphatic heterocycles. The van der Waals surface area contributed by atoms with E-state index in [0.717, 1.165) is 0 Å². The maximum Gasteiger partial charge on any atom is 0.238 e. The molecule has 130 valence electrons. The Bertz CT molecular complexity index is 937. The summed E-state index contributed by atoms with van der Waals surface area (Å²) >= 11 is 0. The fourth-order valence-corrected chi connectivity index (χ4v) is 3.92. The van der Waals surface area contributed by atoms with Gasteiger partial charge in [0.05, 0.1) is 17.2 Å². The zero-order chi connectivity index (χ0) is 18.1. The highest BCUT2D eigenvalue weighted by Crippen LogP contribution is 2.34. The Hall–Kier alpha value is -2.87. The molecule has 0 saturated carbocycles. The van der Waals surface area contributed by atoms with Crippen molar-refractivity contribution in [1.29, 1.82) is 0 Å². The van der Waals surface area contributed by atoms with Crippen LogP contribution in [0.5, 0.6) is 0 Å². The maximum absolute atomic E-state index is 3.79. The number of hydrogen-bond donors (Lipinski definition) is 1. The standard InChI is InChI=1S/C24H24N2/c1-17-10-9-11-18(2)23(17)26-16-21-14-7-8-15-22(21)25-24(26)19(3)20-12-5-4-6-13-20/h4-16,19,24H,1-3H3/p+1/t19-,24?/m1/s1. The molecule has 3 aromatic carbocycles. The largest absolute Gasteiger partial charge is 0.327 e. The van der Waals surface area contributed by atoms with E-state index in [-0.39, 0.29) is 6.17 Å². The third kappa shape index (κ3) is 2.92. The Kier molecular flexibility index (Phi) is 4.34. The van der Waals surface area contributed by atoms with E-state index in [1.165, 1.54) is 33.6 Å². The highest BCUT2D eigenvalue weighted by molar-refractivity contribution is 5.87. The number of nitrogens with zero attached hydrogens (tertiary/aromatic N) is 1. The van der Waals surface area contributed by atoms with Crippen molar-refractivity contribution < 1.29 is 4.58 Å². The van der Waals surface area contributed by atoms with Crippen LogP contribution in [0.25, 0.3) is 0 Å². The molecule has 0 saturated heterocycles. The minimum Gasteiger partial charge on any atom is -0.327 e. The molecule has 1 aliphatic rings. The Labute approximate surface area is 155 Å². The van der Waals surface area contributed by atoms with Gasteiger partial charge < -0.3 is 5.32 Å². The van der Waals surface area contributed by atoms with E-state index in [4.69, 9.17) is 0 Å². The van der Waals surface area contributed by atoms with Crippen molar-refractivity contribution >= 4 is 17.6 Å².